The number of primary amides is 1. The third-order valence-corrected chi connectivity index (χ3v) is 5.90. The third kappa shape index (κ3) is 3.28. The van der Waals surface area contributed by atoms with Crippen LogP contribution in [0.4, 0.5) is 4.79 Å². The summed E-state index contributed by atoms with van der Waals surface area (Å²) in [6.07, 6.45) is 0. The van der Waals surface area contributed by atoms with Crippen molar-refractivity contribution < 1.29 is 13.6 Å². The van der Waals surface area contributed by atoms with Crippen molar-refractivity contribution >= 4 is 14.6 Å². The quantitative estimate of drug-likeness (QED) is 0.666. The molecule has 0 bridgehead atoms. The molecular formula is C8H20N2O3Si. The molecule has 0 fully saturated rings. The third-order valence-electron chi connectivity index (χ3n) is 2.34. The highest BCUT2D eigenvalue weighted by atomic mass is 28.4. The van der Waals surface area contributed by atoms with Crippen molar-refractivity contribution in [2.24, 2.45) is 11.7 Å². The normalized spacial score (nSPS) is 14.1. The lowest BCUT2D eigenvalue weighted by atomic mass is 10.2. The number of amides is 2. The van der Waals surface area contributed by atoms with Crippen LogP contribution >= 0.6 is 0 Å². The summed E-state index contributed by atoms with van der Waals surface area (Å²) in [7, 11) is 0.818. The summed E-state index contributed by atoms with van der Waals surface area (Å²) < 4.78 is 10.7. The molecule has 3 N–H and O–H groups in total. The number of urea groups is 1. The molecule has 5 nitrogen and oxygen atoms in total. The minimum atomic E-state index is -2.36. The van der Waals surface area contributed by atoms with Gasteiger partial charge in [0.2, 0.25) is 0 Å². The first kappa shape index (κ1) is 13.4. The number of hydrogen-bond donors (Lipinski definition) is 2. The topological polar surface area (TPSA) is 73.6 Å². The van der Waals surface area contributed by atoms with Gasteiger partial charge in [0.05, 0.1) is 5.67 Å². The van der Waals surface area contributed by atoms with Gasteiger partial charge in [-0.25, -0.2) is 4.79 Å². The lowest BCUT2D eigenvalue weighted by molar-refractivity contribution is 0.211. The van der Waals surface area contributed by atoms with Crippen LogP contribution in [0.5, 0.6) is 0 Å². The van der Waals surface area contributed by atoms with Gasteiger partial charge >= 0.3 is 14.6 Å². The molecular weight excluding hydrogens is 200 g/mol. The molecule has 0 heterocycles. The molecule has 0 spiro atoms. The minimum Gasteiger partial charge on any atom is -0.397 e. The molecule has 1 unspecified atom stereocenters. The summed E-state index contributed by atoms with van der Waals surface area (Å²) in [6.45, 7) is 5.88. The van der Waals surface area contributed by atoms with Crippen molar-refractivity contribution in [3.05, 3.63) is 0 Å². The molecule has 0 aromatic carbocycles. The molecule has 0 saturated carbocycles. The smallest absolute Gasteiger partial charge is 0.357 e. The van der Waals surface area contributed by atoms with Gasteiger partial charge < -0.3 is 19.9 Å². The van der Waals surface area contributed by atoms with E-state index < -0.39 is 14.6 Å². The average molecular weight is 220 g/mol. The Morgan fingerprint density at radius 1 is 1.36 bits per heavy atom. The molecule has 0 aromatic rings. The summed E-state index contributed by atoms with van der Waals surface area (Å²) in [6, 6.07) is -0.545. The Bertz CT molecular complexity index is 195. The first-order chi connectivity index (χ1) is 6.37. The second kappa shape index (κ2) is 5.33. The van der Waals surface area contributed by atoms with Crippen molar-refractivity contribution in [2.45, 2.75) is 26.1 Å². The highest BCUT2D eigenvalue weighted by Crippen LogP contribution is 2.17. The van der Waals surface area contributed by atoms with E-state index in [0.29, 0.717) is 0 Å². The Labute approximate surface area is 86.2 Å². The molecule has 0 aliphatic rings. The van der Waals surface area contributed by atoms with Gasteiger partial charge in [-0.1, -0.05) is 13.8 Å². The van der Waals surface area contributed by atoms with Crippen molar-refractivity contribution in [3.8, 4) is 0 Å². The van der Waals surface area contributed by atoms with Gasteiger partial charge in [-0.05, 0) is 12.5 Å². The number of hydrogen-bond acceptors (Lipinski definition) is 3. The zero-order chi connectivity index (χ0) is 11.4. The maximum atomic E-state index is 10.8. The molecule has 0 rings (SSSR count). The summed E-state index contributed by atoms with van der Waals surface area (Å²) in [5, 5.41) is 2.67. The zero-order valence-electron chi connectivity index (χ0n) is 9.46. The van der Waals surface area contributed by atoms with Crippen molar-refractivity contribution in [1.82, 2.24) is 5.32 Å². The maximum absolute atomic E-state index is 10.8. The summed E-state index contributed by atoms with van der Waals surface area (Å²) >= 11 is 0. The van der Waals surface area contributed by atoms with E-state index in [-0.39, 0.29) is 11.6 Å². The van der Waals surface area contributed by atoms with Crippen LogP contribution in [-0.4, -0.2) is 34.5 Å². The van der Waals surface area contributed by atoms with Crippen LogP contribution in [-0.2, 0) is 8.85 Å². The lowest BCUT2D eigenvalue weighted by Gasteiger charge is -2.34. The fourth-order valence-corrected chi connectivity index (χ4v) is 3.68. The average Bonchev–Trinajstić information content (AvgIpc) is 2.12. The minimum absolute atomic E-state index is 0.144. The Hall–Kier alpha value is -0.593. The van der Waals surface area contributed by atoms with Gasteiger partial charge in [0.1, 0.15) is 0 Å². The molecule has 2 amide bonds. The molecule has 0 radical (unpaired) electrons. The van der Waals surface area contributed by atoms with E-state index in [4.69, 9.17) is 14.6 Å². The molecule has 1 atom stereocenters. The van der Waals surface area contributed by atoms with Gasteiger partial charge in [-0.2, -0.15) is 0 Å². The number of rotatable bonds is 5. The van der Waals surface area contributed by atoms with Crippen molar-refractivity contribution in [3.63, 3.8) is 0 Å². The molecule has 84 valence electrons. The predicted octanol–water partition coefficient (Wildman–Crippen LogP) is 0.583. The molecule has 0 saturated heterocycles. The Morgan fingerprint density at radius 2 is 1.79 bits per heavy atom. The van der Waals surface area contributed by atoms with Gasteiger partial charge in [0.15, 0.2) is 0 Å². The Balaban J connectivity index is 4.69. The van der Waals surface area contributed by atoms with E-state index in [1.165, 1.54) is 0 Å². The number of carbonyl (C=O) groups is 1. The van der Waals surface area contributed by atoms with Gasteiger partial charge in [-0.15, -0.1) is 0 Å². The van der Waals surface area contributed by atoms with Crippen LogP contribution in [0.15, 0.2) is 0 Å². The zero-order valence-corrected chi connectivity index (χ0v) is 10.5. The van der Waals surface area contributed by atoms with Crippen molar-refractivity contribution in [1.29, 1.82) is 0 Å². The van der Waals surface area contributed by atoms with E-state index in [0.717, 1.165) is 0 Å². The monoisotopic (exact) mass is 220 g/mol. The molecule has 0 aromatic heterocycles. The van der Waals surface area contributed by atoms with Crippen LogP contribution in [0.2, 0.25) is 6.55 Å². The second-order valence-electron chi connectivity index (χ2n) is 3.65. The second-order valence-corrected chi connectivity index (χ2v) is 7.12. The number of nitrogens with one attached hydrogen (secondary N) is 1. The van der Waals surface area contributed by atoms with E-state index in [1.54, 1.807) is 14.2 Å². The van der Waals surface area contributed by atoms with E-state index in [1.807, 2.05) is 20.4 Å². The summed E-state index contributed by atoms with van der Waals surface area (Å²) in [5.74, 6) is 0.221. The summed E-state index contributed by atoms with van der Waals surface area (Å²) in [5.41, 5.74) is 4.95. The lowest BCUT2D eigenvalue weighted by Crippen LogP contribution is -2.61. The molecule has 6 heteroatoms. The predicted molar refractivity (Wildman–Crippen MR) is 57.0 cm³/mol. The highest BCUT2D eigenvalue weighted by Gasteiger charge is 2.42. The maximum Gasteiger partial charge on any atom is 0.357 e. The molecule has 14 heavy (non-hydrogen) atoms. The largest absolute Gasteiger partial charge is 0.397 e. The van der Waals surface area contributed by atoms with Crippen LogP contribution in [0.25, 0.3) is 0 Å². The van der Waals surface area contributed by atoms with E-state index in [9.17, 15) is 4.79 Å². The molecule has 0 aliphatic carbocycles. The van der Waals surface area contributed by atoms with Crippen LogP contribution in [0.1, 0.15) is 13.8 Å². The van der Waals surface area contributed by atoms with Gasteiger partial charge in [0, 0.05) is 14.2 Å². The highest BCUT2D eigenvalue weighted by molar-refractivity contribution is 6.68. The first-order valence-corrected chi connectivity index (χ1v) is 6.93. The van der Waals surface area contributed by atoms with Crippen LogP contribution < -0.4 is 11.1 Å². The first-order valence-electron chi connectivity index (χ1n) is 4.53. The van der Waals surface area contributed by atoms with Gasteiger partial charge in [0.25, 0.3) is 0 Å². The van der Waals surface area contributed by atoms with E-state index in [2.05, 4.69) is 5.32 Å². The standard InChI is InChI=1S/C8H20N2O3Si/c1-6(2)7(10-8(9)11)14(5,12-3)13-4/h6-7H,1-5H3,(H3,9,10,11). The van der Waals surface area contributed by atoms with Crippen molar-refractivity contribution in [2.75, 3.05) is 14.2 Å². The number of carbonyl (C=O) groups excluding carboxylic acids is 1. The Kier molecular flexibility index (Phi) is 5.10. The fourth-order valence-electron chi connectivity index (χ4n) is 1.39. The summed E-state index contributed by atoms with van der Waals surface area (Å²) in [4.78, 5) is 10.8. The van der Waals surface area contributed by atoms with E-state index >= 15 is 0 Å². The van der Waals surface area contributed by atoms with Crippen LogP contribution in [0.3, 0.4) is 0 Å². The molecule has 0 aliphatic heterocycles. The Morgan fingerprint density at radius 3 is 2.00 bits per heavy atom. The van der Waals surface area contributed by atoms with Crippen LogP contribution in [0, 0.1) is 5.92 Å². The SMILES string of the molecule is CO[Si](C)(OC)C(NC(N)=O)C(C)C. The van der Waals surface area contributed by atoms with Gasteiger partial charge in [-0.3, -0.25) is 0 Å². The fraction of sp³-hybridized carbons (Fsp3) is 0.875. The number of nitrogens with two attached hydrogens (primary N) is 1.